The van der Waals surface area contributed by atoms with E-state index in [1.165, 1.54) is 6.66 Å². The van der Waals surface area contributed by atoms with E-state index in [9.17, 15) is 9.46 Å². The zero-order chi connectivity index (χ0) is 11.6. The molecule has 1 heterocycles. The largest absolute Gasteiger partial charge is 0.339 e. The smallest absolute Gasteiger partial charge is 0.261 e. The number of nitrogens with zero attached hydrogens (tertiary/aromatic N) is 2. The minimum Gasteiger partial charge on any atom is -0.339 e. The summed E-state index contributed by atoms with van der Waals surface area (Å²) in [7, 11) is -3.29. The molecule has 0 fully saturated rings. The summed E-state index contributed by atoms with van der Waals surface area (Å²) < 4.78 is 13.3. The standard InChI is InChI=1S/C11H13N2O2P/c1-16(14,15)11-12-7-8-13(11)9-10-5-3-2-4-6-10/h2-8H,9H2,1H3,(H,14,15). The topological polar surface area (TPSA) is 55.1 Å². The van der Waals surface area contributed by atoms with Gasteiger partial charge in [-0.2, -0.15) is 0 Å². The van der Waals surface area contributed by atoms with E-state index in [1.807, 2.05) is 30.3 Å². The monoisotopic (exact) mass is 236 g/mol. The summed E-state index contributed by atoms with van der Waals surface area (Å²) in [6.07, 6.45) is 3.26. The Balaban J connectivity index is 2.30. The summed E-state index contributed by atoms with van der Waals surface area (Å²) in [6.45, 7) is 1.87. The van der Waals surface area contributed by atoms with Crippen LogP contribution in [0.2, 0.25) is 0 Å². The van der Waals surface area contributed by atoms with Gasteiger partial charge in [0.05, 0.1) is 0 Å². The van der Waals surface area contributed by atoms with E-state index in [0.717, 1.165) is 5.56 Å². The fourth-order valence-corrected chi connectivity index (χ4v) is 2.47. The van der Waals surface area contributed by atoms with E-state index in [1.54, 1.807) is 17.0 Å². The van der Waals surface area contributed by atoms with Gasteiger partial charge < -0.3 is 9.46 Å². The summed E-state index contributed by atoms with van der Waals surface area (Å²) in [5.74, 6) is 0. The molecule has 1 aromatic heterocycles. The molecule has 0 saturated carbocycles. The predicted molar refractivity (Wildman–Crippen MR) is 63.2 cm³/mol. The van der Waals surface area contributed by atoms with Gasteiger partial charge in [0.2, 0.25) is 0 Å². The Morgan fingerprint density at radius 1 is 1.38 bits per heavy atom. The second-order valence-corrected chi connectivity index (χ2v) is 5.88. The van der Waals surface area contributed by atoms with E-state index in [0.29, 0.717) is 6.54 Å². The Labute approximate surface area is 94.0 Å². The first-order valence-corrected chi connectivity index (χ1v) is 7.04. The van der Waals surface area contributed by atoms with Crippen molar-refractivity contribution < 1.29 is 9.46 Å². The van der Waals surface area contributed by atoms with Crippen molar-refractivity contribution in [1.82, 2.24) is 9.55 Å². The Morgan fingerprint density at radius 3 is 2.69 bits per heavy atom. The Kier molecular flexibility index (Phi) is 2.95. The first-order chi connectivity index (χ1) is 7.57. The van der Waals surface area contributed by atoms with Crippen molar-refractivity contribution in [3.8, 4) is 0 Å². The summed E-state index contributed by atoms with van der Waals surface area (Å²) >= 11 is 0. The second kappa shape index (κ2) is 4.24. The van der Waals surface area contributed by atoms with Crippen LogP contribution in [-0.2, 0) is 11.1 Å². The first kappa shape index (κ1) is 11.1. The van der Waals surface area contributed by atoms with E-state index in [4.69, 9.17) is 0 Å². The highest BCUT2D eigenvalue weighted by molar-refractivity contribution is 7.64. The Hall–Kier alpha value is -1.38. The third-order valence-electron chi connectivity index (χ3n) is 2.26. The maximum atomic E-state index is 11.6. The van der Waals surface area contributed by atoms with Crippen LogP contribution in [-0.4, -0.2) is 21.1 Å². The second-order valence-electron chi connectivity index (χ2n) is 3.72. The molecule has 0 saturated heterocycles. The van der Waals surface area contributed by atoms with Crippen LogP contribution in [0.5, 0.6) is 0 Å². The van der Waals surface area contributed by atoms with Gasteiger partial charge in [-0.3, -0.25) is 4.57 Å². The third kappa shape index (κ3) is 2.40. The van der Waals surface area contributed by atoms with Crippen LogP contribution in [0.3, 0.4) is 0 Å². The molecule has 4 nitrogen and oxygen atoms in total. The fourth-order valence-electron chi connectivity index (χ4n) is 1.57. The first-order valence-electron chi connectivity index (χ1n) is 4.93. The minimum atomic E-state index is -3.29. The molecule has 1 aromatic carbocycles. The lowest BCUT2D eigenvalue weighted by Gasteiger charge is -2.09. The highest BCUT2D eigenvalue weighted by Gasteiger charge is 2.20. The number of benzene rings is 1. The summed E-state index contributed by atoms with van der Waals surface area (Å²) in [5.41, 5.74) is 1.33. The molecular weight excluding hydrogens is 223 g/mol. The molecule has 2 rings (SSSR count). The average molecular weight is 236 g/mol. The maximum Gasteiger partial charge on any atom is 0.261 e. The van der Waals surface area contributed by atoms with Gasteiger partial charge in [0, 0.05) is 25.6 Å². The highest BCUT2D eigenvalue weighted by Crippen LogP contribution is 2.32. The van der Waals surface area contributed by atoms with Crippen LogP contribution in [0.4, 0.5) is 0 Å². The van der Waals surface area contributed by atoms with Crippen LogP contribution < -0.4 is 5.57 Å². The van der Waals surface area contributed by atoms with E-state index in [-0.39, 0.29) is 5.57 Å². The highest BCUT2D eigenvalue weighted by atomic mass is 31.2. The molecule has 0 aliphatic carbocycles. The molecule has 1 atom stereocenters. The fraction of sp³-hybridized carbons (Fsp3) is 0.182. The lowest BCUT2D eigenvalue weighted by Crippen LogP contribution is -2.19. The SMILES string of the molecule is CP(=O)(O)c1nccn1Cc1ccccc1. The van der Waals surface area contributed by atoms with Crippen molar-refractivity contribution in [1.29, 1.82) is 0 Å². The molecule has 1 unspecified atom stereocenters. The molecule has 0 aliphatic rings. The van der Waals surface area contributed by atoms with Gasteiger partial charge in [0.1, 0.15) is 0 Å². The molecule has 0 radical (unpaired) electrons. The lowest BCUT2D eigenvalue weighted by molar-refractivity contribution is 0.492. The van der Waals surface area contributed by atoms with Crippen molar-refractivity contribution >= 4 is 12.9 Å². The molecule has 1 N–H and O–H groups in total. The molecule has 16 heavy (non-hydrogen) atoms. The van der Waals surface area contributed by atoms with Crippen LogP contribution in [0.15, 0.2) is 42.7 Å². The van der Waals surface area contributed by atoms with Crippen molar-refractivity contribution in [2.45, 2.75) is 6.54 Å². The molecule has 0 spiro atoms. The summed E-state index contributed by atoms with van der Waals surface area (Å²) in [6, 6.07) is 9.77. The number of aromatic nitrogens is 2. The van der Waals surface area contributed by atoms with Crippen molar-refractivity contribution in [3.05, 3.63) is 48.3 Å². The van der Waals surface area contributed by atoms with Gasteiger partial charge in [0.25, 0.3) is 7.37 Å². The summed E-state index contributed by atoms with van der Waals surface area (Å²) in [4.78, 5) is 13.4. The van der Waals surface area contributed by atoms with Gasteiger partial charge in [-0.15, -0.1) is 0 Å². The van der Waals surface area contributed by atoms with Crippen molar-refractivity contribution in [2.75, 3.05) is 6.66 Å². The number of rotatable bonds is 3. The molecule has 84 valence electrons. The maximum absolute atomic E-state index is 11.6. The van der Waals surface area contributed by atoms with Crippen molar-refractivity contribution in [2.24, 2.45) is 0 Å². The van der Waals surface area contributed by atoms with Gasteiger partial charge in [-0.05, 0) is 5.56 Å². The van der Waals surface area contributed by atoms with Crippen molar-refractivity contribution in [3.63, 3.8) is 0 Å². The molecule has 0 aliphatic heterocycles. The Morgan fingerprint density at radius 2 is 2.06 bits per heavy atom. The number of hydrogen-bond acceptors (Lipinski definition) is 2. The number of imidazole rings is 1. The average Bonchev–Trinajstić information content (AvgIpc) is 2.67. The number of hydrogen-bond donors (Lipinski definition) is 1. The van der Waals surface area contributed by atoms with Crippen LogP contribution in [0.25, 0.3) is 0 Å². The minimum absolute atomic E-state index is 0.247. The van der Waals surface area contributed by atoms with E-state index in [2.05, 4.69) is 4.98 Å². The normalized spacial score (nSPS) is 14.6. The molecular formula is C11H13N2O2P. The lowest BCUT2D eigenvalue weighted by atomic mass is 10.2. The van der Waals surface area contributed by atoms with Gasteiger partial charge >= 0.3 is 0 Å². The van der Waals surface area contributed by atoms with Crippen LogP contribution in [0.1, 0.15) is 5.56 Å². The third-order valence-corrected chi connectivity index (χ3v) is 3.37. The Bertz CT molecular complexity index is 516. The van der Waals surface area contributed by atoms with Gasteiger partial charge in [0.15, 0.2) is 5.57 Å². The zero-order valence-corrected chi connectivity index (χ0v) is 9.84. The van der Waals surface area contributed by atoms with Gasteiger partial charge in [-0.25, -0.2) is 4.98 Å². The predicted octanol–water partition coefficient (Wildman–Crippen LogP) is 1.46. The zero-order valence-electron chi connectivity index (χ0n) is 8.95. The van der Waals surface area contributed by atoms with E-state index < -0.39 is 7.37 Å². The van der Waals surface area contributed by atoms with Gasteiger partial charge in [-0.1, -0.05) is 30.3 Å². The molecule has 0 amide bonds. The van der Waals surface area contributed by atoms with Crippen LogP contribution >= 0.6 is 7.37 Å². The molecule has 5 heteroatoms. The quantitative estimate of drug-likeness (QED) is 0.821. The molecule has 2 aromatic rings. The molecule has 0 bridgehead atoms. The van der Waals surface area contributed by atoms with E-state index >= 15 is 0 Å². The van der Waals surface area contributed by atoms with Crippen LogP contribution in [0, 0.1) is 0 Å². The summed E-state index contributed by atoms with van der Waals surface area (Å²) in [5, 5.41) is 0.